The third kappa shape index (κ3) is 2.91. The highest BCUT2D eigenvalue weighted by atomic mass is 16.7. The first-order valence-corrected chi connectivity index (χ1v) is 7.08. The molecule has 0 fully saturated rings. The van der Waals surface area contributed by atoms with E-state index in [4.69, 9.17) is 14.4 Å². The molecular weight excluding hydrogens is 312 g/mol. The fraction of sp³-hybridized carbons (Fsp3) is 0.118. The molecule has 2 aromatic rings. The highest BCUT2D eigenvalue weighted by molar-refractivity contribution is 6.31. The number of benzene rings is 1. The number of oxime groups is 1. The van der Waals surface area contributed by atoms with Gasteiger partial charge in [0.25, 0.3) is 0 Å². The lowest BCUT2D eigenvalue weighted by molar-refractivity contribution is -0.136. The largest absolute Gasteiger partial charge is 0.478 e. The van der Waals surface area contributed by atoms with Crippen LogP contribution < -0.4 is 4.90 Å². The summed E-state index contributed by atoms with van der Waals surface area (Å²) in [6, 6.07) is 9.55. The number of furan rings is 1. The van der Waals surface area contributed by atoms with E-state index in [0.717, 1.165) is 0 Å². The number of carbonyl (C=O) groups is 2. The molecule has 3 rings (SSSR count). The van der Waals surface area contributed by atoms with Gasteiger partial charge in [-0.15, -0.1) is 0 Å². The van der Waals surface area contributed by atoms with Crippen LogP contribution in [0.5, 0.6) is 0 Å². The molecular formula is C17H14N2O5. The summed E-state index contributed by atoms with van der Waals surface area (Å²) < 4.78 is 5.60. The van der Waals surface area contributed by atoms with E-state index in [9.17, 15) is 9.59 Å². The summed E-state index contributed by atoms with van der Waals surface area (Å²) in [6.07, 6.45) is 1.55. The predicted octanol–water partition coefficient (Wildman–Crippen LogP) is 2.39. The number of aromatic carboxylic acids is 1. The average molecular weight is 326 g/mol. The Morgan fingerprint density at radius 2 is 1.88 bits per heavy atom. The standard InChI is InChI=1S/C17H14N2O5/c1-19(2)14-8-7-12(23-14)9-13-15(18-24-17(13)22)10-3-5-11(6-4-10)16(20)21/h3-9H,1-2H3,(H,20,21). The van der Waals surface area contributed by atoms with E-state index in [1.807, 2.05) is 14.1 Å². The van der Waals surface area contributed by atoms with Gasteiger partial charge in [-0.3, -0.25) is 0 Å². The Morgan fingerprint density at radius 1 is 1.17 bits per heavy atom. The number of carboxylic acids is 1. The zero-order chi connectivity index (χ0) is 17.3. The second-order valence-corrected chi connectivity index (χ2v) is 5.33. The molecule has 24 heavy (non-hydrogen) atoms. The van der Waals surface area contributed by atoms with Crippen molar-refractivity contribution in [1.29, 1.82) is 0 Å². The van der Waals surface area contributed by atoms with E-state index >= 15 is 0 Å². The molecule has 0 saturated heterocycles. The monoisotopic (exact) mass is 326 g/mol. The molecule has 0 bridgehead atoms. The third-order valence-corrected chi connectivity index (χ3v) is 3.44. The van der Waals surface area contributed by atoms with Gasteiger partial charge in [0.15, 0.2) is 5.88 Å². The number of rotatable bonds is 4. The van der Waals surface area contributed by atoms with Crippen LogP contribution in [0.4, 0.5) is 5.88 Å². The quantitative estimate of drug-likeness (QED) is 0.685. The van der Waals surface area contributed by atoms with Gasteiger partial charge in [-0.25, -0.2) is 9.59 Å². The molecule has 1 aliphatic rings. The lowest BCUT2D eigenvalue weighted by Crippen LogP contribution is -2.07. The Hall–Kier alpha value is -3.35. The van der Waals surface area contributed by atoms with Crippen molar-refractivity contribution in [2.24, 2.45) is 5.16 Å². The summed E-state index contributed by atoms with van der Waals surface area (Å²) in [5.74, 6) is -0.472. The van der Waals surface area contributed by atoms with Crippen molar-refractivity contribution < 1.29 is 24.0 Å². The van der Waals surface area contributed by atoms with Gasteiger partial charge < -0.3 is 19.3 Å². The van der Waals surface area contributed by atoms with Crippen LogP contribution in [0.1, 0.15) is 21.7 Å². The normalized spacial score (nSPS) is 15.3. The first-order valence-electron chi connectivity index (χ1n) is 7.08. The lowest BCUT2D eigenvalue weighted by Gasteiger charge is -2.06. The van der Waals surface area contributed by atoms with Gasteiger partial charge in [0.05, 0.1) is 11.1 Å². The molecule has 122 valence electrons. The highest BCUT2D eigenvalue weighted by Gasteiger charge is 2.27. The summed E-state index contributed by atoms with van der Waals surface area (Å²) in [7, 11) is 3.69. The van der Waals surface area contributed by atoms with Gasteiger partial charge in [0, 0.05) is 25.7 Å². The number of nitrogens with zero attached hydrogens (tertiary/aromatic N) is 2. The molecule has 2 heterocycles. The van der Waals surface area contributed by atoms with Crippen LogP contribution in [-0.2, 0) is 9.63 Å². The zero-order valence-corrected chi connectivity index (χ0v) is 13.0. The minimum absolute atomic E-state index is 0.150. The van der Waals surface area contributed by atoms with Gasteiger partial charge in [0.1, 0.15) is 11.5 Å². The smallest absolute Gasteiger partial charge is 0.368 e. The number of hydrogen-bond donors (Lipinski definition) is 1. The molecule has 0 aliphatic carbocycles. The van der Waals surface area contributed by atoms with Gasteiger partial charge >= 0.3 is 11.9 Å². The van der Waals surface area contributed by atoms with Crippen molar-refractivity contribution in [3.63, 3.8) is 0 Å². The molecule has 7 heteroatoms. The number of anilines is 1. The molecule has 1 aliphatic heterocycles. The Morgan fingerprint density at radius 3 is 2.46 bits per heavy atom. The van der Waals surface area contributed by atoms with Crippen LogP contribution in [0, 0.1) is 0 Å². The van der Waals surface area contributed by atoms with Gasteiger partial charge in [-0.05, 0) is 24.3 Å². The second kappa shape index (κ2) is 6.04. The predicted molar refractivity (Wildman–Crippen MR) is 87.0 cm³/mol. The van der Waals surface area contributed by atoms with E-state index < -0.39 is 11.9 Å². The Kier molecular flexibility index (Phi) is 3.91. The number of hydrogen-bond acceptors (Lipinski definition) is 6. The molecule has 0 spiro atoms. The maximum Gasteiger partial charge on any atom is 0.368 e. The summed E-state index contributed by atoms with van der Waals surface area (Å²) >= 11 is 0. The van der Waals surface area contributed by atoms with Crippen LogP contribution in [0.3, 0.4) is 0 Å². The average Bonchev–Trinajstić information content (AvgIpc) is 3.16. The lowest BCUT2D eigenvalue weighted by atomic mass is 10.0. The minimum atomic E-state index is -1.02. The summed E-state index contributed by atoms with van der Waals surface area (Å²) in [5, 5.41) is 12.7. The van der Waals surface area contributed by atoms with Crippen molar-refractivity contribution in [2.45, 2.75) is 0 Å². The molecule has 0 unspecified atom stereocenters. The molecule has 1 N–H and O–H groups in total. The second-order valence-electron chi connectivity index (χ2n) is 5.33. The van der Waals surface area contributed by atoms with Crippen molar-refractivity contribution in [2.75, 3.05) is 19.0 Å². The van der Waals surface area contributed by atoms with Gasteiger partial charge in [-0.2, -0.15) is 0 Å². The first-order chi connectivity index (χ1) is 11.5. The summed E-state index contributed by atoms with van der Waals surface area (Å²) in [5.41, 5.74) is 1.31. The van der Waals surface area contributed by atoms with E-state index in [-0.39, 0.29) is 11.1 Å². The molecule has 0 atom stereocenters. The maximum atomic E-state index is 11.9. The number of carboxylic acid groups (broad SMARTS) is 1. The van der Waals surface area contributed by atoms with Crippen molar-refractivity contribution >= 4 is 29.6 Å². The Bertz CT molecular complexity index is 859. The summed E-state index contributed by atoms with van der Waals surface area (Å²) in [6.45, 7) is 0. The fourth-order valence-corrected chi connectivity index (χ4v) is 2.19. The maximum absolute atomic E-state index is 11.9. The van der Waals surface area contributed by atoms with E-state index in [0.29, 0.717) is 22.9 Å². The topological polar surface area (TPSA) is 92.3 Å². The third-order valence-electron chi connectivity index (χ3n) is 3.44. The molecule has 0 radical (unpaired) electrons. The van der Waals surface area contributed by atoms with Gasteiger partial charge in [0.2, 0.25) is 0 Å². The molecule has 1 aromatic heterocycles. The minimum Gasteiger partial charge on any atom is -0.478 e. The van der Waals surface area contributed by atoms with Crippen LogP contribution in [0.25, 0.3) is 6.08 Å². The van der Waals surface area contributed by atoms with Crippen molar-refractivity contribution in [3.8, 4) is 0 Å². The Balaban J connectivity index is 1.93. The van der Waals surface area contributed by atoms with E-state index in [1.165, 1.54) is 12.1 Å². The van der Waals surface area contributed by atoms with Crippen LogP contribution in [-0.4, -0.2) is 36.9 Å². The zero-order valence-electron chi connectivity index (χ0n) is 13.0. The molecule has 1 aromatic carbocycles. The van der Waals surface area contributed by atoms with E-state index in [1.54, 1.807) is 35.2 Å². The fourth-order valence-electron chi connectivity index (χ4n) is 2.19. The molecule has 7 nitrogen and oxygen atoms in total. The molecule has 0 saturated carbocycles. The van der Waals surface area contributed by atoms with Crippen molar-refractivity contribution in [1.82, 2.24) is 0 Å². The number of carbonyl (C=O) groups excluding carboxylic acids is 1. The Labute approximate surface area is 137 Å². The van der Waals surface area contributed by atoms with E-state index in [2.05, 4.69) is 5.16 Å². The first kappa shape index (κ1) is 15.5. The van der Waals surface area contributed by atoms with Crippen LogP contribution in [0.15, 0.2) is 51.5 Å². The SMILES string of the molecule is CN(C)c1ccc(C=C2C(=O)ON=C2c2ccc(C(=O)O)cc2)o1. The van der Waals surface area contributed by atoms with Crippen molar-refractivity contribution in [3.05, 3.63) is 58.9 Å². The highest BCUT2D eigenvalue weighted by Crippen LogP contribution is 2.24. The van der Waals surface area contributed by atoms with Crippen LogP contribution in [0.2, 0.25) is 0 Å². The van der Waals surface area contributed by atoms with Crippen LogP contribution >= 0.6 is 0 Å². The summed E-state index contributed by atoms with van der Waals surface area (Å²) in [4.78, 5) is 29.4. The van der Waals surface area contributed by atoms with Gasteiger partial charge in [-0.1, -0.05) is 17.3 Å². The molecule has 0 amide bonds.